The van der Waals surface area contributed by atoms with Crippen LogP contribution in [-0.4, -0.2) is 59.7 Å². The van der Waals surface area contributed by atoms with E-state index in [4.69, 9.17) is 4.74 Å². The van der Waals surface area contributed by atoms with Crippen molar-refractivity contribution < 1.29 is 9.53 Å². The number of hydrogen-bond acceptors (Lipinski definition) is 4. The first-order chi connectivity index (χ1) is 13.2. The summed E-state index contributed by atoms with van der Waals surface area (Å²) in [5.41, 5.74) is 0. The number of esters is 1. The molecule has 7 nitrogen and oxygen atoms in total. The van der Waals surface area contributed by atoms with Crippen LogP contribution in [0.5, 0.6) is 0 Å². The van der Waals surface area contributed by atoms with Gasteiger partial charge >= 0.3 is 5.97 Å². The maximum absolute atomic E-state index is 11.3. The van der Waals surface area contributed by atoms with Crippen LogP contribution in [0.1, 0.15) is 58.4 Å². The van der Waals surface area contributed by atoms with Crippen molar-refractivity contribution in [3.63, 3.8) is 0 Å². The summed E-state index contributed by atoms with van der Waals surface area (Å²) in [6, 6.07) is 0.433. The maximum Gasteiger partial charge on any atom is 0.305 e. The van der Waals surface area contributed by atoms with E-state index in [1.807, 2.05) is 26.5 Å². The van der Waals surface area contributed by atoms with E-state index >= 15 is 0 Å². The Labute approximate surface area is 186 Å². The number of aliphatic imine (C=N–C) groups is 1. The molecule has 0 spiro atoms. The largest absolute Gasteiger partial charge is 0.466 e. The van der Waals surface area contributed by atoms with E-state index in [1.165, 1.54) is 0 Å². The molecule has 1 N–H and O–H groups in total. The van der Waals surface area contributed by atoms with E-state index in [-0.39, 0.29) is 29.9 Å². The lowest BCUT2D eigenvalue weighted by atomic mass is 9.93. The Morgan fingerprint density at radius 3 is 2.79 bits per heavy atom. The number of imidazole rings is 1. The van der Waals surface area contributed by atoms with Gasteiger partial charge in [0.15, 0.2) is 5.96 Å². The average Bonchev–Trinajstić information content (AvgIpc) is 3.19. The SMILES string of the molecule is CCOC(=O)CCCCCCNC(=NC)N1CCC(C)C(n2ccnc2)C1.I. The summed E-state index contributed by atoms with van der Waals surface area (Å²) < 4.78 is 7.16. The number of ether oxygens (including phenoxy) is 1. The van der Waals surface area contributed by atoms with Gasteiger partial charge in [-0.15, -0.1) is 24.0 Å². The molecule has 0 radical (unpaired) electrons. The number of likely N-dealkylation sites (tertiary alicyclic amines) is 1. The molecule has 2 rings (SSSR count). The molecule has 0 amide bonds. The van der Waals surface area contributed by atoms with Crippen LogP contribution >= 0.6 is 24.0 Å². The summed E-state index contributed by atoms with van der Waals surface area (Å²) in [6.07, 6.45) is 11.7. The molecule has 1 aromatic heterocycles. The fourth-order valence-corrected chi connectivity index (χ4v) is 3.61. The highest BCUT2D eigenvalue weighted by molar-refractivity contribution is 14.0. The minimum absolute atomic E-state index is 0. The Balaban J connectivity index is 0.00000392. The predicted molar refractivity (Wildman–Crippen MR) is 123 cm³/mol. The Kier molecular flexibility index (Phi) is 12.2. The zero-order chi connectivity index (χ0) is 19.5. The van der Waals surface area contributed by atoms with Crippen molar-refractivity contribution in [3.8, 4) is 0 Å². The molecule has 1 aliphatic rings. The van der Waals surface area contributed by atoms with Gasteiger partial charge in [-0.25, -0.2) is 4.98 Å². The summed E-state index contributed by atoms with van der Waals surface area (Å²) in [6.45, 7) is 7.53. The first kappa shape index (κ1) is 24.7. The molecule has 0 bridgehead atoms. The highest BCUT2D eigenvalue weighted by Crippen LogP contribution is 2.27. The highest BCUT2D eigenvalue weighted by Gasteiger charge is 2.28. The number of carbonyl (C=O) groups is 1. The topological polar surface area (TPSA) is 71.8 Å². The molecule has 2 unspecified atom stereocenters. The minimum Gasteiger partial charge on any atom is -0.466 e. The first-order valence-electron chi connectivity index (χ1n) is 10.2. The van der Waals surface area contributed by atoms with E-state index in [0.29, 0.717) is 25.0 Å². The Hall–Kier alpha value is -1.32. The number of piperidine rings is 1. The van der Waals surface area contributed by atoms with Crippen LogP contribution in [0.25, 0.3) is 0 Å². The molecule has 0 saturated carbocycles. The van der Waals surface area contributed by atoms with Gasteiger partial charge in [0.1, 0.15) is 0 Å². The molecule has 0 aromatic carbocycles. The van der Waals surface area contributed by atoms with Crippen LogP contribution in [0.15, 0.2) is 23.7 Å². The predicted octanol–water partition coefficient (Wildman–Crippen LogP) is 3.47. The molecule has 0 aliphatic carbocycles. The summed E-state index contributed by atoms with van der Waals surface area (Å²) in [5, 5.41) is 3.50. The van der Waals surface area contributed by atoms with E-state index in [0.717, 1.165) is 57.7 Å². The van der Waals surface area contributed by atoms with Gasteiger partial charge in [-0.2, -0.15) is 0 Å². The van der Waals surface area contributed by atoms with Crippen molar-refractivity contribution >= 4 is 35.9 Å². The second-order valence-corrected chi connectivity index (χ2v) is 7.23. The average molecular weight is 505 g/mol. The standard InChI is InChI=1S/C20H35N5O2.HI/c1-4-27-19(26)9-7-5-6-8-11-23-20(21-3)24-13-10-17(2)18(15-24)25-14-12-22-16-25;/h12,14,16-18H,4-11,13,15H2,1-3H3,(H,21,23);1H. The van der Waals surface area contributed by atoms with Crippen molar-refractivity contribution in [2.24, 2.45) is 10.9 Å². The van der Waals surface area contributed by atoms with Gasteiger partial charge in [-0.3, -0.25) is 9.79 Å². The van der Waals surface area contributed by atoms with Crippen LogP contribution in [0.2, 0.25) is 0 Å². The van der Waals surface area contributed by atoms with Crippen molar-refractivity contribution in [2.45, 2.75) is 58.4 Å². The number of nitrogens with zero attached hydrogens (tertiary/aromatic N) is 4. The third-order valence-corrected chi connectivity index (χ3v) is 5.23. The fraction of sp³-hybridized carbons (Fsp3) is 0.750. The molecule has 2 atom stereocenters. The van der Waals surface area contributed by atoms with Crippen molar-refractivity contribution in [3.05, 3.63) is 18.7 Å². The first-order valence-corrected chi connectivity index (χ1v) is 10.2. The minimum atomic E-state index is -0.0807. The number of halogens is 1. The molecule has 28 heavy (non-hydrogen) atoms. The molecule has 2 heterocycles. The van der Waals surface area contributed by atoms with Crippen LogP contribution in [0, 0.1) is 5.92 Å². The third-order valence-electron chi connectivity index (χ3n) is 5.23. The van der Waals surface area contributed by atoms with Gasteiger partial charge in [0, 0.05) is 45.5 Å². The summed E-state index contributed by atoms with van der Waals surface area (Å²) in [7, 11) is 1.85. The molecule has 1 aromatic rings. The highest BCUT2D eigenvalue weighted by atomic mass is 127. The molecule has 8 heteroatoms. The number of carbonyl (C=O) groups excluding carboxylic acids is 1. The zero-order valence-electron chi connectivity index (χ0n) is 17.5. The smallest absolute Gasteiger partial charge is 0.305 e. The third kappa shape index (κ3) is 7.97. The lowest BCUT2D eigenvalue weighted by Gasteiger charge is -2.39. The van der Waals surface area contributed by atoms with Gasteiger partial charge in [0.2, 0.25) is 0 Å². The number of hydrogen-bond donors (Lipinski definition) is 1. The summed E-state index contributed by atoms with van der Waals surface area (Å²) in [5.74, 6) is 1.54. The quantitative estimate of drug-likeness (QED) is 0.183. The Morgan fingerprint density at radius 2 is 2.11 bits per heavy atom. The van der Waals surface area contributed by atoms with Crippen molar-refractivity contribution in [2.75, 3.05) is 33.3 Å². The van der Waals surface area contributed by atoms with Gasteiger partial charge < -0.3 is 19.5 Å². The normalized spacial score (nSPS) is 19.8. The Morgan fingerprint density at radius 1 is 1.32 bits per heavy atom. The molecule has 1 fully saturated rings. The van der Waals surface area contributed by atoms with E-state index in [9.17, 15) is 4.79 Å². The van der Waals surface area contributed by atoms with E-state index in [1.54, 1.807) is 0 Å². The molecule has 1 saturated heterocycles. The number of aromatic nitrogens is 2. The lowest BCUT2D eigenvalue weighted by molar-refractivity contribution is -0.143. The molecule has 160 valence electrons. The zero-order valence-corrected chi connectivity index (χ0v) is 19.8. The van der Waals surface area contributed by atoms with Crippen LogP contribution < -0.4 is 5.32 Å². The van der Waals surface area contributed by atoms with Crippen LogP contribution in [-0.2, 0) is 9.53 Å². The van der Waals surface area contributed by atoms with E-state index in [2.05, 4.69) is 37.9 Å². The summed E-state index contributed by atoms with van der Waals surface area (Å²) in [4.78, 5) is 22.3. The van der Waals surface area contributed by atoms with E-state index < -0.39 is 0 Å². The van der Waals surface area contributed by atoms with Gasteiger partial charge in [-0.05, 0) is 32.1 Å². The van der Waals surface area contributed by atoms with Crippen molar-refractivity contribution in [1.82, 2.24) is 19.8 Å². The molecular weight excluding hydrogens is 469 g/mol. The van der Waals surface area contributed by atoms with Gasteiger partial charge in [0.25, 0.3) is 0 Å². The van der Waals surface area contributed by atoms with Gasteiger partial charge in [-0.1, -0.05) is 19.8 Å². The molecule has 1 aliphatic heterocycles. The van der Waals surface area contributed by atoms with Crippen molar-refractivity contribution in [1.29, 1.82) is 0 Å². The fourth-order valence-electron chi connectivity index (χ4n) is 3.61. The maximum atomic E-state index is 11.3. The van der Waals surface area contributed by atoms with Gasteiger partial charge in [0.05, 0.1) is 19.0 Å². The number of rotatable bonds is 9. The Bertz CT molecular complexity index is 579. The molecular formula is C20H36IN5O2. The second-order valence-electron chi connectivity index (χ2n) is 7.23. The lowest BCUT2D eigenvalue weighted by Crippen LogP contribution is -2.49. The second kappa shape index (κ2) is 13.8. The van der Waals surface area contributed by atoms with Crippen LogP contribution in [0.3, 0.4) is 0 Å². The number of guanidine groups is 1. The van der Waals surface area contributed by atoms with Crippen LogP contribution in [0.4, 0.5) is 0 Å². The summed E-state index contributed by atoms with van der Waals surface area (Å²) >= 11 is 0. The monoisotopic (exact) mass is 505 g/mol. The number of nitrogens with one attached hydrogen (secondary N) is 1. The number of unbranched alkanes of at least 4 members (excludes halogenated alkanes) is 3.